The molecule has 0 saturated heterocycles. The fraction of sp³-hybridized carbons (Fsp3) is 0.571. The van der Waals surface area contributed by atoms with Crippen molar-refractivity contribution in [3.8, 4) is 5.75 Å². The predicted octanol–water partition coefficient (Wildman–Crippen LogP) is 3.94. The van der Waals surface area contributed by atoms with Crippen molar-refractivity contribution >= 4 is 15.9 Å². The summed E-state index contributed by atoms with van der Waals surface area (Å²) >= 11 is 3.47. The molecule has 0 N–H and O–H groups in total. The van der Waals surface area contributed by atoms with Crippen LogP contribution in [0, 0.1) is 12.8 Å². The zero-order chi connectivity index (χ0) is 12.7. The smallest absolute Gasteiger partial charge is 0.123 e. The van der Waals surface area contributed by atoms with Crippen LogP contribution in [0.15, 0.2) is 18.2 Å². The van der Waals surface area contributed by atoms with Gasteiger partial charge in [-0.15, -0.1) is 0 Å². The van der Waals surface area contributed by atoms with Gasteiger partial charge in [-0.3, -0.25) is 0 Å². The summed E-state index contributed by atoms with van der Waals surface area (Å²) in [5.74, 6) is 1.52. The number of hydrogen-bond donors (Lipinski definition) is 0. The van der Waals surface area contributed by atoms with E-state index in [-0.39, 0.29) is 0 Å². The first kappa shape index (κ1) is 14.5. The molecule has 0 unspecified atom stereocenters. The number of benzene rings is 1. The van der Waals surface area contributed by atoms with Gasteiger partial charge in [-0.05, 0) is 18.9 Å². The number of ether oxygens (including phenoxy) is 2. The minimum absolute atomic E-state index is 0.576. The van der Waals surface area contributed by atoms with Gasteiger partial charge >= 0.3 is 0 Å². The Hall–Kier alpha value is -0.540. The van der Waals surface area contributed by atoms with Crippen LogP contribution in [0.2, 0.25) is 0 Å². The molecule has 0 fully saturated rings. The molecule has 0 heterocycles. The van der Waals surface area contributed by atoms with Gasteiger partial charge in [-0.1, -0.05) is 47.5 Å². The molecule has 0 radical (unpaired) electrons. The summed E-state index contributed by atoms with van der Waals surface area (Å²) in [6.07, 6.45) is 0. The summed E-state index contributed by atoms with van der Waals surface area (Å²) in [7, 11) is 0. The molecule has 0 spiro atoms. The molecule has 0 bridgehead atoms. The zero-order valence-electron chi connectivity index (χ0n) is 10.8. The maximum Gasteiger partial charge on any atom is 0.123 e. The molecule has 0 aliphatic carbocycles. The summed E-state index contributed by atoms with van der Waals surface area (Å²) in [6, 6.07) is 6.23. The summed E-state index contributed by atoms with van der Waals surface area (Å²) in [6.45, 7) is 8.42. The van der Waals surface area contributed by atoms with Gasteiger partial charge in [0.15, 0.2) is 0 Å². The fourth-order valence-electron chi connectivity index (χ4n) is 1.48. The highest BCUT2D eigenvalue weighted by atomic mass is 79.9. The molecule has 1 aromatic rings. The highest BCUT2D eigenvalue weighted by molar-refractivity contribution is 9.08. The molecule has 2 nitrogen and oxygen atoms in total. The van der Waals surface area contributed by atoms with Crippen molar-refractivity contribution in [2.75, 3.05) is 19.8 Å². The quantitative estimate of drug-likeness (QED) is 0.561. The molecule has 17 heavy (non-hydrogen) atoms. The monoisotopic (exact) mass is 300 g/mol. The van der Waals surface area contributed by atoms with Crippen molar-refractivity contribution in [1.82, 2.24) is 0 Å². The van der Waals surface area contributed by atoms with Crippen molar-refractivity contribution in [2.24, 2.45) is 5.92 Å². The summed E-state index contributed by atoms with van der Waals surface area (Å²) in [5, 5.41) is 0.816. The van der Waals surface area contributed by atoms with Crippen LogP contribution in [0.25, 0.3) is 0 Å². The minimum Gasteiger partial charge on any atom is -0.491 e. The Labute approximate surface area is 112 Å². The van der Waals surface area contributed by atoms with Gasteiger partial charge in [0, 0.05) is 17.5 Å². The van der Waals surface area contributed by atoms with E-state index in [1.807, 2.05) is 6.07 Å². The lowest BCUT2D eigenvalue weighted by Crippen LogP contribution is -2.10. The highest BCUT2D eigenvalue weighted by Gasteiger charge is 2.02. The molecule has 0 atom stereocenters. The van der Waals surface area contributed by atoms with Crippen LogP contribution >= 0.6 is 15.9 Å². The molecule has 0 aliphatic rings. The number of aryl methyl sites for hydroxylation is 1. The molecule has 0 saturated carbocycles. The zero-order valence-corrected chi connectivity index (χ0v) is 12.4. The van der Waals surface area contributed by atoms with Crippen molar-refractivity contribution in [1.29, 1.82) is 0 Å². The van der Waals surface area contributed by atoms with Crippen LogP contribution in [0.5, 0.6) is 5.75 Å². The molecule has 1 rings (SSSR count). The van der Waals surface area contributed by atoms with Crippen LogP contribution < -0.4 is 4.74 Å². The van der Waals surface area contributed by atoms with Crippen molar-refractivity contribution in [2.45, 2.75) is 26.1 Å². The van der Waals surface area contributed by atoms with E-state index < -0.39 is 0 Å². The summed E-state index contributed by atoms with van der Waals surface area (Å²) in [4.78, 5) is 0. The van der Waals surface area contributed by atoms with Gasteiger partial charge in [0.25, 0.3) is 0 Å². The number of rotatable bonds is 7. The standard InChI is InChI=1S/C14H21BrO2/c1-11(2)10-16-6-7-17-14-5-4-12(3)8-13(14)9-15/h4-5,8,11H,6-7,9-10H2,1-3H3. The summed E-state index contributed by atoms with van der Waals surface area (Å²) < 4.78 is 11.2. The molecule has 0 amide bonds. The second-order valence-corrected chi connectivity index (χ2v) is 5.12. The van der Waals surface area contributed by atoms with Crippen LogP contribution in [-0.4, -0.2) is 19.8 Å². The largest absolute Gasteiger partial charge is 0.491 e. The summed E-state index contributed by atoms with van der Waals surface area (Å²) in [5.41, 5.74) is 2.44. The Morgan fingerprint density at radius 3 is 2.65 bits per heavy atom. The molecular weight excluding hydrogens is 280 g/mol. The Bertz CT molecular complexity index is 337. The lowest BCUT2D eigenvalue weighted by atomic mass is 10.1. The van der Waals surface area contributed by atoms with E-state index in [0.29, 0.717) is 19.1 Å². The van der Waals surface area contributed by atoms with Gasteiger partial charge < -0.3 is 9.47 Å². The lowest BCUT2D eigenvalue weighted by molar-refractivity contribution is 0.0817. The first-order valence-corrected chi connectivity index (χ1v) is 7.11. The Morgan fingerprint density at radius 1 is 1.24 bits per heavy atom. The average molecular weight is 301 g/mol. The number of alkyl halides is 1. The van der Waals surface area contributed by atoms with Crippen LogP contribution in [-0.2, 0) is 10.1 Å². The van der Waals surface area contributed by atoms with Gasteiger partial charge in [-0.2, -0.15) is 0 Å². The molecular formula is C14H21BrO2. The predicted molar refractivity (Wildman–Crippen MR) is 75.0 cm³/mol. The first-order valence-electron chi connectivity index (χ1n) is 5.99. The van der Waals surface area contributed by atoms with E-state index >= 15 is 0 Å². The third kappa shape index (κ3) is 5.55. The topological polar surface area (TPSA) is 18.5 Å². The highest BCUT2D eigenvalue weighted by Crippen LogP contribution is 2.22. The van der Waals surface area contributed by atoms with E-state index in [9.17, 15) is 0 Å². The average Bonchev–Trinajstić information content (AvgIpc) is 2.29. The van der Waals surface area contributed by atoms with Crippen LogP contribution in [0.3, 0.4) is 0 Å². The Balaban J connectivity index is 2.36. The molecule has 1 aromatic carbocycles. The SMILES string of the molecule is Cc1ccc(OCCOCC(C)C)c(CBr)c1. The third-order valence-corrected chi connectivity index (χ3v) is 2.90. The van der Waals surface area contributed by atoms with Gasteiger partial charge in [0.05, 0.1) is 6.61 Å². The van der Waals surface area contributed by atoms with Gasteiger partial charge in [-0.25, -0.2) is 0 Å². The normalized spacial score (nSPS) is 10.9. The van der Waals surface area contributed by atoms with E-state index in [1.54, 1.807) is 0 Å². The number of hydrogen-bond acceptors (Lipinski definition) is 2. The van der Waals surface area contributed by atoms with Crippen molar-refractivity contribution in [3.63, 3.8) is 0 Å². The molecule has 0 aromatic heterocycles. The Kier molecular flexibility index (Phi) is 6.60. The molecule has 3 heteroatoms. The van der Waals surface area contributed by atoms with Crippen LogP contribution in [0.4, 0.5) is 0 Å². The molecule has 96 valence electrons. The lowest BCUT2D eigenvalue weighted by Gasteiger charge is -2.11. The maximum absolute atomic E-state index is 5.71. The maximum atomic E-state index is 5.71. The Morgan fingerprint density at radius 2 is 2.00 bits per heavy atom. The van der Waals surface area contributed by atoms with Crippen molar-refractivity contribution in [3.05, 3.63) is 29.3 Å². The second kappa shape index (κ2) is 7.72. The number of halogens is 1. The second-order valence-electron chi connectivity index (χ2n) is 4.56. The van der Waals surface area contributed by atoms with Gasteiger partial charge in [0.1, 0.15) is 12.4 Å². The first-order chi connectivity index (χ1) is 8.13. The minimum atomic E-state index is 0.576. The van der Waals surface area contributed by atoms with E-state index in [1.165, 1.54) is 11.1 Å². The van der Waals surface area contributed by atoms with E-state index in [4.69, 9.17) is 9.47 Å². The van der Waals surface area contributed by atoms with Gasteiger partial charge in [0.2, 0.25) is 0 Å². The van der Waals surface area contributed by atoms with E-state index in [2.05, 4.69) is 48.8 Å². The fourth-order valence-corrected chi connectivity index (χ4v) is 1.92. The molecule has 0 aliphatic heterocycles. The van der Waals surface area contributed by atoms with Crippen molar-refractivity contribution < 1.29 is 9.47 Å². The third-order valence-electron chi connectivity index (χ3n) is 2.30. The van der Waals surface area contributed by atoms with E-state index in [0.717, 1.165) is 17.7 Å². The van der Waals surface area contributed by atoms with Crippen LogP contribution in [0.1, 0.15) is 25.0 Å².